The number of hydrogen-bond donors (Lipinski definition) is 0. The topological polar surface area (TPSA) is 71.6 Å². The Morgan fingerprint density at radius 2 is 1.66 bits per heavy atom. The Hall–Kier alpha value is -3.26. The average molecular weight is 437 g/mol. The van der Waals surface area contributed by atoms with Crippen molar-refractivity contribution in [1.29, 1.82) is 0 Å². The van der Waals surface area contributed by atoms with Gasteiger partial charge in [0.25, 0.3) is 5.91 Å². The second-order valence-electron chi connectivity index (χ2n) is 8.19. The molecular formula is C24H27N3O5. The molecule has 3 aliphatic rings. The lowest BCUT2D eigenvalue weighted by molar-refractivity contribution is -0.123. The van der Waals surface area contributed by atoms with Gasteiger partial charge >= 0.3 is 0 Å². The van der Waals surface area contributed by atoms with Gasteiger partial charge in [0.2, 0.25) is 12.7 Å². The maximum atomic E-state index is 13.1. The Balaban J connectivity index is 1.22. The molecule has 0 unspecified atom stereocenters. The molecule has 3 heterocycles. The number of piperazine rings is 1. The molecule has 0 N–H and O–H groups in total. The van der Waals surface area contributed by atoms with Crippen LogP contribution < -0.4 is 24.0 Å². The van der Waals surface area contributed by atoms with Crippen molar-refractivity contribution in [1.82, 2.24) is 4.90 Å². The number of carbonyl (C=O) groups is 2. The fourth-order valence-electron chi connectivity index (χ4n) is 4.46. The van der Waals surface area contributed by atoms with Crippen molar-refractivity contribution in [2.75, 3.05) is 49.4 Å². The Bertz CT molecular complexity index is 1000. The monoisotopic (exact) mass is 437 g/mol. The molecule has 0 bridgehead atoms. The molecule has 0 radical (unpaired) electrons. The van der Waals surface area contributed by atoms with Gasteiger partial charge in [-0.1, -0.05) is 6.92 Å². The van der Waals surface area contributed by atoms with Crippen LogP contribution in [0.1, 0.15) is 19.8 Å². The summed E-state index contributed by atoms with van der Waals surface area (Å²) < 4.78 is 16.5. The quantitative estimate of drug-likeness (QED) is 0.644. The summed E-state index contributed by atoms with van der Waals surface area (Å²) in [7, 11) is 0. The summed E-state index contributed by atoms with van der Waals surface area (Å²) in [6.45, 7) is 5.94. The molecule has 2 aromatic rings. The lowest BCUT2D eigenvalue weighted by Crippen LogP contribution is -2.52. The maximum Gasteiger partial charge on any atom is 0.251 e. The molecule has 0 aliphatic carbocycles. The van der Waals surface area contributed by atoms with Crippen LogP contribution in [-0.4, -0.2) is 62.3 Å². The number of amides is 2. The van der Waals surface area contributed by atoms with E-state index >= 15 is 0 Å². The molecule has 5 rings (SSSR count). The minimum atomic E-state index is -0.405. The number of fused-ring (bicyclic) bond motifs is 1. The first-order valence-corrected chi connectivity index (χ1v) is 11.1. The van der Waals surface area contributed by atoms with Gasteiger partial charge in [0.15, 0.2) is 11.5 Å². The van der Waals surface area contributed by atoms with Gasteiger partial charge in [-0.15, -0.1) is 0 Å². The van der Waals surface area contributed by atoms with Crippen LogP contribution in [0.4, 0.5) is 11.4 Å². The number of benzene rings is 2. The molecule has 3 aliphatic heterocycles. The van der Waals surface area contributed by atoms with Crippen LogP contribution in [0, 0.1) is 0 Å². The lowest BCUT2D eigenvalue weighted by atomic mass is 10.1. The highest BCUT2D eigenvalue weighted by atomic mass is 16.7. The highest BCUT2D eigenvalue weighted by Crippen LogP contribution is 2.36. The zero-order valence-electron chi connectivity index (χ0n) is 18.2. The largest absolute Gasteiger partial charge is 0.494 e. The van der Waals surface area contributed by atoms with E-state index in [1.54, 1.807) is 12.1 Å². The SMILES string of the molecule is CCCOc1ccc(N2C(=O)C[C@@H](N3CCN(c4ccc5c(c4)OCO5)CC3)C2=O)cc1. The smallest absolute Gasteiger partial charge is 0.251 e. The van der Waals surface area contributed by atoms with Crippen molar-refractivity contribution >= 4 is 23.2 Å². The Morgan fingerprint density at radius 3 is 2.41 bits per heavy atom. The zero-order valence-corrected chi connectivity index (χ0v) is 18.2. The van der Waals surface area contributed by atoms with Crippen molar-refractivity contribution in [2.24, 2.45) is 0 Å². The van der Waals surface area contributed by atoms with Gasteiger partial charge in [-0.05, 0) is 42.8 Å². The number of rotatable bonds is 6. The van der Waals surface area contributed by atoms with Crippen LogP contribution in [0.15, 0.2) is 42.5 Å². The average Bonchev–Trinajstić information content (AvgIpc) is 3.41. The fraction of sp³-hybridized carbons (Fsp3) is 0.417. The van der Waals surface area contributed by atoms with Crippen LogP contribution in [0.2, 0.25) is 0 Å². The number of imide groups is 1. The van der Waals surface area contributed by atoms with Crippen LogP contribution in [0.3, 0.4) is 0 Å². The van der Waals surface area contributed by atoms with Crippen LogP contribution in [0.25, 0.3) is 0 Å². The summed E-state index contributed by atoms with van der Waals surface area (Å²) in [6.07, 6.45) is 1.14. The zero-order chi connectivity index (χ0) is 22.1. The van der Waals surface area contributed by atoms with E-state index in [1.165, 1.54) is 4.90 Å². The maximum absolute atomic E-state index is 13.1. The van der Waals surface area contributed by atoms with E-state index < -0.39 is 6.04 Å². The summed E-state index contributed by atoms with van der Waals surface area (Å²) in [6, 6.07) is 12.7. The predicted octanol–water partition coefficient (Wildman–Crippen LogP) is 2.66. The van der Waals surface area contributed by atoms with Crippen molar-refractivity contribution < 1.29 is 23.8 Å². The van der Waals surface area contributed by atoms with E-state index in [0.717, 1.165) is 55.5 Å². The lowest BCUT2D eigenvalue weighted by Gasteiger charge is -2.38. The normalized spacial score (nSPS) is 20.8. The van der Waals surface area contributed by atoms with Gasteiger partial charge in [-0.3, -0.25) is 14.5 Å². The first-order chi connectivity index (χ1) is 15.6. The number of hydrogen-bond acceptors (Lipinski definition) is 7. The minimum Gasteiger partial charge on any atom is -0.494 e. The molecule has 2 saturated heterocycles. The molecule has 1 atom stereocenters. The molecule has 2 aromatic carbocycles. The standard InChI is InChI=1S/C24H27N3O5/c1-2-13-30-19-6-3-17(4-7-19)27-23(28)15-20(24(27)29)26-11-9-25(10-12-26)18-5-8-21-22(14-18)32-16-31-21/h3-8,14,20H,2,9-13,15-16H2,1H3/t20-/m1/s1. The highest BCUT2D eigenvalue weighted by Gasteiger charge is 2.43. The molecule has 0 aromatic heterocycles. The third kappa shape index (κ3) is 3.86. The molecule has 8 nitrogen and oxygen atoms in total. The van der Waals surface area contributed by atoms with Crippen molar-refractivity contribution in [3.63, 3.8) is 0 Å². The molecule has 168 valence electrons. The summed E-state index contributed by atoms with van der Waals surface area (Å²) >= 11 is 0. The fourth-order valence-corrected chi connectivity index (χ4v) is 4.46. The van der Waals surface area contributed by atoms with Gasteiger partial charge < -0.3 is 19.1 Å². The number of nitrogens with zero attached hydrogens (tertiary/aromatic N) is 3. The Kier molecular flexibility index (Phi) is 5.61. The van der Waals surface area contributed by atoms with Gasteiger partial charge in [-0.25, -0.2) is 4.90 Å². The molecule has 2 amide bonds. The van der Waals surface area contributed by atoms with Crippen molar-refractivity contribution in [2.45, 2.75) is 25.8 Å². The number of anilines is 2. The molecule has 32 heavy (non-hydrogen) atoms. The number of ether oxygens (including phenoxy) is 3. The van der Waals surface area contributed by atoms with Crippen LogP contribution >= 0.6 is 0 Å². The first kappa shape index (κ1) is 20.6. The molecule has 0 saturated carbocycles. The summed E-state index contributed by atoms with van der Waals surface area (Å²) in [5, 5.41) is 0. The number of carbonyl (C=O) groups excluding carboxylic acids is 2. The molecular weight excluding hydrogens is 410 g/mol. The van der Waals surface area contributed by atoms with Gasteiger partial charge in [0, 0.05) is 37.9 Å². The van der Waals surface area contributed by atoms with E-state index in [4.69, 9.17) is 14.2 Å². The second-order valence-corrected chi connectivity index (χ2v) is 8.19. The van der Waals surface area contributed by atoms with Crippen molar-refractivity contribution in [3.8, 4) is 17.2 Å². The van der Waals surface area contributed by atoms with E-state index in [9.17, 15) is 9.59 Å². The van der Waals surface area contributed by atoms with E-state index in [-0.39, 0.29) is 25.0 Å². The molecule has 2 fully saturated rings. The van der Waals surface area contributed by atoms with Crippen molar-refractivity contribution in [3.05, 3.63) is 42.5 Å². The Morgan fingerprint density at radius 1 is 0.938 bits per heavy atom. The molecule has 8 heteroatoms. The van der Waals surface area contributed by atoms with E-state index in [2.05, 4.69) is 9.80 Å². The predicted molar refractivity (Wildman–Crippen MR) is 119 cm³/mol. The highest BCUT2D eigenvalue weighted by molar-refractivity contribution is 6.22. The second kappa shape index (κ2) is 8.70. The van der Waals surface area contributed by atoms with Crippen LogP contribution in [0.5, 0.6) is 17.2 Å². The van der Waals surface area contributed by atoms with Gasteiger partial charge in [0.1, 0.15) is 5.75 Å². The summed E-state index contributed by atoms with van der Waals surface area (Å²) in [5.74, 6) is 1.98. The van der Waals surface area contributed by atoms with E-state index in [0.29, 0.717) is 12.3 Å². The first-order valence-electron chi connectivity index (χ1n) is 11.1. The minimum absolute atomic E-state index is 0.145. The summed E-state index contributed by atoms with van der Waals surface area (Å²) in [5.41, 5.74) is 1.68. The van der Waals surface area contributed by atoms with Gasteiger partial charge in [0.05, 0.1) is 24.8 Å². The summed E-state index contributed by atoms with van der Waals surface area (Å²) in [4.78, 5) is 31.6. The Labute approximate surface area is 187 Å². The van der Waals surface area contributed by atoms with E-state index in [1.807, 2.05) is 37.3 Å². The third-order valence-corrected chi connectivity index (χ3v) is 6.17. The molecule has 0 spiro atoms. The van der Waals surface area contributed by atoms with Crippen LogP contribution in [-0.2, 0) is 9.59 Å². The third-order valence-electron chi connectivity index (χ3n) is 6.17. The van der Waals surface area contributed by atoms with Gasteiger partial charge in [-0.2, -0.15) is 0 Å².